The zero-order valence-corrected chi connectivity index (χ0v) is 17.4. The predicted octanol–water partition coefficient (Wildman–Crippen LogP) is 3.55. The van der Waals surface area contributed by atoms with Crippen molar-refractivity contribution in [2.24, 2.45) is 0 Å². The number of nitrogens with one attached hydrogen (secondary N) is 1. The highest BCUT2D eigenvalue weighted by Crippen LogP contribution is 2.38. The van der Waals surface area contributed by atoms with E-state index in [1.807, 2.05) is 0 Å². The number of fused-ring (bicyclic) bond motifs is 1. The molecule has 0 saturated carbocycles. The normalized spacial score (nSPS) is 23.9. The van der Waals surface area contributed by atoms with Crippen LogP contribution in [0.2, 0.25) is 0 Å². The molecule has 2 fully saturated rings. The number of rotatable bonds is 5. The maximum Gasteiger partial charge on any atom is 0.232 e. The third-order valence-electron chi connectivity index (χ3n) is 5.09. The second-order valence-corrected chi connectivity index (χ2v) is 8.76. The van der Waals surface area contributed by atoms with Gasteiger partial charge in [0.25, 0.3) is 0 Å². The molecule has 0 spiro atoms. The van der Waals surface area contributed by atoms with E-state index in [1.165, 1.54) is 10.1 Å². The van der Waals surface area contributed by atoms with Crippen LogP contribution in [0, 0.1) is 0 Å². The Labute approximate surface area is 169 Å². The van der Waals surface area contributed by atoms with Gasteiger partial charge in [0.15, 0.2) is 0 Å². The average molecular weight is 413 g/mol. The summed E-state index contributed by atoms with van der Waals surface area (Å²) in [5.41, 5.74) is 0. The van der Waals surface area contributed by atoms with Gasteiger partial charge in [0.05, 0.1) is 10.5 Å². The van der Waals surface area contributed by atoms with E-state index in [0.717, 1.165) is 51.3 Å². The fourth-order valence-corrected chi connectivity index (χ4v) is 5.81. The molecule has 0 radical (unpaired) electrons. The van der Waals surface area contributed by atoms with Crippen molar-refractivity contribution in [1.82, 2.24) is 14.6 Å². The maximum absolute atomic E-state index is 11.9. The molecule has 1 aromatic carbocycles. The number of anilines is 1. The van der Waals surface area contributed by atoms with Crippen molar-refractivity contribution in [3.05, 3.63) is 24.3 Å². The highest BCUT2D eigenvalue weighted by Gasteiger charge is 2.44. The maximum atomic E-state index is 11.9. The number of amides is 1. The van der Waals surface area contributed by atoms with Crippen LogP contribution in [0.1, 0.15) is 26.2 Å². The first-order chi connectivity index (χ1) is 12.2. The molecule has 1 amide bonds. The first-order valence-corrected chi connectivity index (χ1v) is 10.8. The zero-order chi connectivity index (χ0) is 17.3. The first kappa shape index (κ1) is 19.7. The highest BCUT2D eigenvalue weighted by molar-refractivity contribution is 8.01. The Morgan fingerprint density at radius 2 is 2.00 bits per heavy atom. The van der Waals surface area contributed by atoms with E-state index in [0.29, 0.717) is 5.75 Å². The molecule has 5 nitrogen and oxygen atoms in total. The Kier molecular flexibility index (Phi) is 6.33. The highest BCUT2D eigenvalue weighted by atomic mass is 35.5. The number of hydrogen-bond donors (Lipinski definition) is 1. The lowest BCUT2D eigenvalue weighted by molar-refractivity contribution is -0.120. The van der Waals surface area contributed by atoms with Gasteiger partial charge in [-0.1, -0.05) is 25.5 Å². The van der Waals surface area contributed by atoms with Gasteiger partial charge in [-0.25, -0.2) is 0 Å². The fraction of sp³-hybridized carbons (Fsp3) is 0.556. The van der Waals surface area contributed by atoms with E-state index in [9.17, 15) is 4.79 Å². The predicted molar refractivity (Wildman–Crippen MR) is 114 cm³/mol. The van der Waals surface area contributed by atoms with Crippen LogP contribution in [0.4, 0.5) is 5.82 Å². The first-order valence-electron chi connectivity index (χ1n) is 9.01. The Morgan fingerprint density at radius 1 is 1.23 bits per heavy atom. The third kappa shape index (κ3) is 3.67. The third-order valence-corrected chi connectivity index (χ3v) is 7.36. The number of piperazine rings is 1. The number of carbonyl (C=O) groups excluding carboxylic acids is 1. The molecule has 2 aliphatic heterocycles. The van der Waals surface area contributed by atoms with Crippen LogP contribution < -0.4 is 10.2 Å². The van der Waals surface area contributed by atoms with Gasteiger partial charge in [-0.2, -0.15) is 4.37 Å². The number of halogens is 1. The standard InChI is InChI=1S/C18H24N4OS2.ClH/c1-2-3-8-18(19-16(23)13-24-18)22-11-9-21(10-12-22)17-14-6-4-5-7-15(14)25-20-17;/h4-7H,2-3,8-13H2,1H3,(H,19,23);1H. The zero-order valence-electron chi connectivity index (χ0n) is 14.9. The summed E-state index contributed by atoms with van der Waals surface area (Å²) < 4.78 is 5.94. The van der Waals surface area contributed by atoms with Gasteiger partial charge in [0, 0.05) is 31.6 Å². The second-order valence-electron chi connectivity index (χ2n) is 6.70. The second kappa shape index (κ2) is 8.33. The van der Waals surface area contributed by atoms with Gasteiger partial charge in [0.1, 0.15) is 10.8 Å². The lowest BCUT2D eigenvalue weighted by Crippen LogP contribution is -2.60. The number of benzene rings is 1. The number of unbranched alkanes of at least 4 members (excludes halogenated alkanes) is 1. The van der Waals surface area contributed by atoms with Gasteiger partial charge in [0.2, 0.25) is 5.91 Å². The molecule has 1 N–H and O–H groups in total. The molecule has 1 atom stereocenters. The van der Waals surface area contributed by atoms with Crippen LogP contribution in [0.3, 0.4) is 0 Å². The van der Waals surface area contributed by atoms with E-state index in [2.05, 4.69) is 46.3 Å². The van der Waals surface area contributed by atoms with Crippen molar-refractivity contribution in [1.29, 1.82) is 0 Å². The number of carbonyl (C=O) groups is 1. The monoisotopic (exact) mass is 412 g/mol. The van der Waals surface area contributed by atoms with Crippen molar-refractivity contribution < 1.29 is 4.79 Å². The average Bonchev–Trinajstić information content (AvgIpc) is 3.25. The van der Waals surface area contributed by atoms with Crippen LogP contribution >= 0.6 is 35.7 Å². The molecule has 0 aliphatic carbocycles. The summed E-state index contributed by atoms with van der Waals surface area (Å²) >= 11 is 3.36. The lowest BCUT2D eigenvalue weighted by atomic mass is 10.1. The summed E-state index contributed by atoms with van der Waals surface area (Å²) in [5, 5.41) is 4.52. The minimum absolute atomic E-state index is 0. The Morgan fingerprint density at radius 3 is 2.69 bits per heavy atom. The number of aromatic nitrogens is 1. The SMILES string of the molecule is CCCCC1(N2CCN(c3nsc4ccccc34)CC2)NC(=O)CS1.Cl. The number of nitrogens with zero attached hydrogens (tertiary/aromatic N) is 3. The molecule has 1 unspecified atom stereocenters. The molecule has 3 heterocycles. The summed E-state index contributed by atoms with van der Waals surface area (Å²) in [6.45, 7) is 6.04. The van der Waals surface area contributed by atoms with Crippen LogP contribution in [0.5, 0.6) is 0 Å². The van der Waals surface area contributed by atoms with Gasteiger partial charge in [-0.15, -0.1) is 24.2 Å². The van der Waals surface area contributed by atoms with E-state index in [1.54, 1.807) is 23.3 Å². The van der Waals surface area contributed by atoms with Gasteiger partial charge >= 0.3 is 0 Å². The van der Waals surface area contributed by atoms with Crippen molar-refractivity contribution in [3.8, 4) is 0 Å². The summed E-state index contributed by atoms with van der Waals surface area (Å²) in [4.78, 5) is 16.6. The molecule has 4 rings (SSSR count). The Hall–Kier alpha value is -1.02. The van der Waals surface area contributed by atoms with Gasteiger partial charge < -0.3 is 10.2 Å². The summed E-state index contributed by atoms with van der Waals surface area (Å²) in [6.07, 6.45) is 3.33. The van der Waals surface area contributed by atoms with E-state index in [-0.39, 0.29) is 23.3 Å². The van der Waals surface area contributed by atoms with Gasteiger partial charge in [-0.3, -0.25) is 9.69 Å². The summed E-state index contributed by atoms with van der Waals surface area (Å²) in [7, 11) is 0. The fourth-order valence-electron chi connectivity index (χ4n) is 3.73. The summed E-state index contributed by atoms with van der Waals surface area (Å²) in [6, 6.07) is 8.45. The van der Waals surface area contributed by atoms with Crippen LogP contribution in [0.15, 0.2) is 24.3 Å². The smallest absolute Gasteiger partial charge is 0.232 e. The Balaban J connectivity index is 0.00000196. The molecule has 26 heavy (non-hydrogen) atoms. The molecule has 0 bridgehead atoms. The van der Waals surface area contributed by atoms with Crippen LogP contribution in [-0.4, -0.2) is 52.1 Å². The van der Waals surface area contributed by atoms with Crippen LogP contribution in [-0.2, 0) is 4.79 Å². The Bertz CT molecular complexity index is 762. The summed E-state index contributed by atoms with van der Waals surface area (Å²) in [5.74, 6) is 1.88. The van der Waals surface area contributed by atoms with E-state index < -0.39 is 0 Å². The molecular formula is C18H25ClN4OS2. The largest absolute Gasteiger partial charge is 0.353 e. The molecule has 1 aromatic heterocycles. The number of thioether (sulfide) groups is 1. The van der Waals surface area contributed by atoms with E-state index in [4.69, 9.17) is 4.37 Å². The van der Waals surface area contributed by atoms with E-state index >= 15 is 0 Å². The van der Waals surface area contributed by atoms with Gasteiger partial charge in [-0.05, 0) is 36.5 Å². The molecule has 8 heteroatoms. The molecule has 2 saturated heterocycles. The molecular weight excluding hydrogens is 388 g/mol. The molecule has 2 aromatic rings. The van der Waals surface area contributed by atoms with Crippen molar-refractivity contribution in [3.63, 3.8) is 0 Å². The van der Waals surface area contributed by atoms with Crippen LogP contribution in [0.25, 0.3) is 10.1 Å². The topological polar surface area (TPSA) is 48.5 Å². The number of hydrogen-bond acceptors (Lipinski definition) is 6. The molecule has 2 aliphatic rings. The quantitative estimate of drug-likeness (QED) is 0.813. The minimum atomic E-state index is -0.191. The minimum Gasteiger partial charge on any atom is -0.353 e. The molecule has 142 valence electrons. The van der Waals surface area contributed by atoms with Crippen molar-refractivity contribution >= 4 is 57.5 Å². The van der Waals surface area contributed by atoms with Crippen molar-refractivity contribution in [2.75, 3.05) is 36.8 Å². The van der Waals surface area contributed by atoms with Crippen molar-refractivity contribution in [2.45, 2.75) is 31.2 Å². The lowest BCUT2D eigenvalue weighted by Gasteiger charge is -2.45.